The van der Waals surface area contributed by atoms with Gasteiger partial charge in [-0.1, -0.05) is 70.9 Å². The molecule has 218 valence electrons. The van der Waals surface area contributed by atoms with E-state index in [4.69, 9.17) is 18.9 Å². The number of rotatable bonds is 22. The summed E-state index contributed by atoms with van der Waals surface area (Å²) < 4.78 is 21.9. The van der Waals surface area contributed by atoms with Gasteiger partial charge in [-0.15, -0.1) is 0 Å². The largest absolute Gasteiger partial charge is 0.457 e. The lowest BCUT2D eigenvalue weighted by atomic mass is 9.99. The number of aliphatic hydroxyl groups is 4. The molecule has 6 atom stereocenters. The summed E-state index contributed by atoms with van der Waals surface area (Å²) in [7, 11) is 0. The van der Waals surface area contributed by atoms with Gasteiger partial charge in [0.2, 0.25) is 0 Å². The van der Waals surface area contributed by atoms with E-state index in [0.29, 0.717) is 6.61 Å². The Bertz CT molecular complexity index is 584. The fourth-order valence-electron chi connectivity index (χ4n) is 4.11. The molecule has 0 aromatic rings. The Hall–Kier alpha value is -1.07. The SMILES string of the molecule is CCCCCC/C=C\CCCCCCCCOCC(COC1OC(CO)C(O)C(O)C1O)OC(=O)CC. The standard InChI is InChI=1S/C28H52O9/c1-3-5-6-7-8-9-10-11-12-13-14-15-16-17-18-34-20-22(36-24(30)4-2)21-35-28-27(33)26(32)25(31)23(19-29)37-28/h9-10,22-23,25-29,31-33H,3-8,11-21H2,1-2H3/b10-9-. The van der Waals surface area contributed by atoms with Crippen LogP contribution < -0.4 is 0 Å². The molecule has 1 rings (SSSR count). The third kappa shape index (κ3) is 15.2. The highest BCUT2D eigenvalue weighted by atomic mass is 16.7. The van der Waals surface area contributed by atoms with Crippen LogP contribution in [0.25, 0.3) is 0 Å². The van der Waals surface area contributed by atoms with Crippen molar-refractivity contribution < 1.29 is 44.2 Å². The van der Waals surface area contributed by atoms with Crippen molar-refractivity contribution in [2.24, 2.45) is 0 Å². The van der Waals surface area contributed by atoms with Crippen molar-refractivity contribution in [3.63, 3.8) is 0 Å². The number of ether oxygens (including phenoxy) is 4. The summed E-state index contributed by atoms with van der Waals surface area (Å²) in [6.07, 6.45) is 11.8. The predicted molar refractivity (Wildman–Crippen MR) is 141 cm³/mol. The lowest BCUT2D eigenvalue weighted by Crippen LogP contribution is -2.59. The molecule has 0 amide bonds. The van der Waals surface area contributed by atoms with Crippen molar-refractivity contribution in [1.29, 1.82) is 0 Å². The van der Waals surface area contributed by atoms with Gasteiger partial charge in [0, 0.05) is 13.0 Å². The second-order valence-electron chi connectivity index (χ2n) is 9.80. The van der Waals surface area contributed by atoms with Gasteiger partial charge in [-0.05, 0) is 32.1 Å². The Morgan fingerprint density at radius 1 is 0.838 bits per heavy atom. The van der Waals surface area contributed by atoms with E-state index in [0.717, 1.165) is 12.8 Å². The second-order valence-corrected chi connectivity index (χ2v) is 9.80. The highest BCUT2D eigenvalue weighted by molar-refractivity contribution is 5.69. The topological polar surface area (TPSA) is 135 Å². The van der Waals surface area contributed by atoms with Crippen molar-refractivity contribution in [2.75, 3.05) is 26.4 Å². The zero-order chi connectivity index (χ0) is 27.3. The molecular formula is C28H52O9. The zero-order valence-corrected chi connectivity index (χ0v) is 23.0. The number of carbonyl (C=O) groups excluding carboxylic acids is 1. The molecule has 0 aliphatic carbocycles. The van der Waals surface area contributed by atoms with Gasteiger partial charge in [-0.3, -0.25) is 4.79 Å². The Labute approximate surface area is 223 Å². The maximum Gasteiger partial charge on any atom is 0.305 e. The first-order chi connectivity index (χ1) is 17.9. The first-order valence-corrected chi connectivity index (χ1v) is 14.3. The van der Waals surface area contributed by atoms with E-state index >= 15 is 0 Å². The van der Waals surface area contributed by atoms with Crippen molar-refractivity contribution in [3.05, 3.63) is 12.2 Å². The molecule has 9 heteroatoms. The van der Waals surface area contributed by atoms with Crippen LogP contribution in [0.1, 0.15) is 97.3 Å². The van der Waals surface area contributed by atoms with E-state index in [1.54, 1.807) is 6.92 Å². The van der Waals surface area contributed by atoms with Crippen LogP contribution in [0.15, 0.2) is 12.2 Å². The van der Waals surface area contributed by atoms with Crippen molar-refractivity contribution >= 4 is 5.97 Å². The number of allylic oxidation sites excluding steroid dienone is 2. The highest BCUT2D eigenvalue weighted by Crippen LogP contribution is 2.22. The quantitative estimate of drug-likeness (QED) is 0.0940. The Balaban J connectivity index is 2.17. The number of hydrogen-bond acceptors (Lipinski definition) is 9. The molecule has 6 unspecified atom stereocenters. The maximum absolute atomic E-state index is 11.8. The van der Waals surface area contributed by atoms with Gasteiger partial charge in [0.1, 0.15) is 30.5 Å². The molecule has 1 aliphatic rings. The van der Waals surface area contributed by atoms with Crippen LogP contribution in [-0.4, -0.2) is 89.6 Å². The Morgan fingerprint density at radius 3 is 2.08 bits per heavy atom. The number of carbonyl (C=O) groups is 1. The van der Waals surface area contributed by atoms with Crippen LogP contribution in [-0.2, 0) is 23.7 Å². The summed E-state index contributed by atoms with van der Waals surface area (Å²) in [5, 5.41) is 39.2. The van der Waals surface area contributed by atoms with Gasteiger partial charge >= 0.3 is 5.97 Å². The van der Waals surface area contributed by atoms with Crippen molar-refractivity contribution in [3.8, 4) is 0 Å². The summed E-state index contributed by atoms with van der Waals surface area (Å²) >= 11 is 0. The predicted octanol–water partition coefficient (Wildman–Crippen LogP) is 3.40. The Morgan fingerprint density at radius 2 is 1.46 bits per heavy atom. The average Bonchev–Trinajstić information content (AvgIpc) is 2.90. The smallest absolute Gasteiger partial charge is 0.305 e. The molecule has 1 saturated heterocycles. The molecule has 4 N–H and O–H groups in total. The van der Waals surface area contributed by atoms with Crippen LogP contribution in [0.3, 0.4) is 0 Å². The summed E-state index contributed by atoms with van der Waals surface area (Å²) in [6.45, 7) is 3.93. The third-order valence-corrected chi connectivity index (χ3v) is 6.49. The monoisotopic (exact) mass is 532 g/mol. The minimum Gasteiger partial charge on any atom is -0.457 e. The molecule has 0 spiro atoms. The van der Waals surface area contributed by atoms with Crippen LogP contribution in [0.2, 0.25) is 0 Å². The first-order valence-electron chi connectivity index (χ1n) is 14.3. The first kappa shape index (κ1) is 34.0. The van der Waals surface area contributed by atoms with Gasteiger partial charge in [0.15, 0.2) is 6.29 Å². The maximum atomic E-state index is 11.8. The minimum atomic E-state index is -1.53. The summed E-state index contributed by atoms with van der Waals surface area (Å²) in [4.78, 5) is 11.8. The molecule has 0 aromatic heterocycles. The molecule has 0 bridgehead atoms. The normalized spacial score (nSPS) is 25.0. The second kappa shape index (κ2) is 21.8. The molecular weight excluding hydrogens is 480 g/mol. The van der Waals surface area contributed by atoms with E-state index in [2.05, 4.69) is 19.1 Å². The lowest BCUT2D eigenvalue weighted by Gasteiger charge is -2.39. The van der Waals surface area contributed by atoms with E-state index in [9.17, 15) is 25.2 Å². The lowest BCUT2D eigenvalue weighted by molar-refractivity contribution is -0.305. The molecule has 1 heterocycles. The minimum absolute atomic E-state index is 0.123. The van der Waals surface area contributed by atoms with Crippen LogP contribution >= 0.6 is 0 Å². The number of hydrogen-bond donors (Lipinski definition) is 4. The zero-order valence-electron chi connectivity index (χ0n) is 23.0. The summed E-state index contributed by atoms with van der Waals surface area (Å²) in [5.74, 6) is -0.405. The van der Waals surface area contributed by atoms with Crippen LogP contribution in [0.4, 0.5) is 0 Å². The van der Waals surface area contributed by atoms with E-state index < -0.39 is 49.4 Å². The van der Waals surface area contributed by atoms with E-state index in [-0.39, 0.29) is 19.6 Å². The van der Waals surface area contributed by atoms with E-state index in [1.165, 1.54) is 64.2 Å². The molecule has 0 radical (unpaired) electrons. The summed E-state index contributed by atoms with van der Waals surface area (Å²) in [5.41, 5.74) is 0. The van der Waals surface area contributed by atoms with Crippen molar-refractivity contribution in [1.82, 2.24) is 0 Å². The molecule has 9 nitrogen and oxygen atoms in total. The van der Waals surface area contributed by atoms with Crippen molar-refractivity contribution in [2.45, 2.75) is 134 Å². The van der Waals surface area contributed by atoms with Gasteiger partial charge in [-0.2, -0.15) is 0 Å². The average molecular weight is 533 g/mol. The number of esters is 1. The van der Waals surface area contributed by atoms with Crippen LogP contribution in [0, 0.1) is 0 Å². The molecule has 0 aromatic carbocycles. The van der Waals surface area contributed by atoms with E-state index in [1.807, 2.05) is 0 Å². The fraction of sp³-hybridized carbons (Fsp3) is 0.893. The molecule has 0 saturated carbocycles. The summed E-state index contributed by atoms with van der Waals surface area (Å²) in [6, 6.07) is 0. The molecule has 37 heavy (non-hydrogen) atoms. The number of aliphatic hydroxyl groups excluding tert-OH is 4. The van der Waals surface area contributed by atoms with Gasteiger partial charge in [0.25, 0.3) is 0 Å². The fourth-order valence-corrected chi connectivity index (χ4v) is 4.11. The van der Waals surface area contributed by atoms with Crippen LogP contribution in [0.5, 0.6) is 0 Å². The van der Waals surface area contributed by atoms with Gasteiger partial charge in [0.05, 0.1) is 19.8 Å². The Kier molecular flexibility index (Phi) is 20.0. The third-order valence-electron chi connectivity index (χ3n) is 6.49. The highest BCUT2D eigenvalue weighted by Gasteiger charge is 2.44. The molecule has 1 aliphatic heterocycles. The van der Waals surface area contributed by atoms with Gasteiger partial charge < -0.3 is 39.4 Å². The molecule has 1 fully saturated rings. The van der Waals surface area contributed by atoms with Gasteiger partial charge in [-0.25, -0.2) is 0 Å². The number of unbranched alkanes of at least 4 members (excludes halogenated alkanes) is 10.